The molecule has 1 aliphatic rings. The lowest BCUT2D eigenvalue weighted by molar-refractivity contribution is -0.115. The predicted octanol–water partition coefficient (Wildman–Crippen LogP) is 3.36. The minimum Gasteiger partial charge on any atom is -0.325 e. The number of sulfonamides is 1. The Bertz CT molecular complexity index is 694. The minimum absolute atomic E-state index is 0.144. The highest BCUT2D eigenvalue weighted by molar-refractivity contribution is 7.89. The molecule has 0 atom stereocenters. The highest BCUT2D eigenvalue weighted by Gasteiger charge is 2.22. The Morgan fingerprint density at radius 3 is 2.33 bits per heavy atom. The van der Waals surface area contributed by atoms with Gasteiger partial charge in [0.2, 0.25) is 15.9 Å². The molecule has 0 radical (unpaired) electrons. The van der Waals surface area contributed by atoms with Gasteiger partial charge in [0.15, 0.2) is 0 Å². The number of amides is 1. The summed E-state index contributed by atoms with van der Waals surface area (Å²) in [6.45, 7) is 4.71. The first-order valence-corrected chi connectivity index (χ1v) is 11.5. The molecule has 0 aromatic heterocycles. The van der Waals surface area contributed by atoms with Crippen LogP contribution in [0.3, 0.4) is 0 Å². The fraction of sp³-hybridized carbons (Fsp3) is 0.650. The highest BCUT2D eigenvalue weighted by Crippen LogP contribution is 2.20. The van der Waals surface area contributed by atoms with E-state index in [1.54, 1.807) is 18.2 Å². The summed E-state index contributed by atoms with van der Waals surface area (Å²) in [5.74, 6) is -0.144. The van der Waals surface area contributed by atoms with Gasteiger partial charge in [-0.25, -0.2) is 8.42 Å². The van der Waals surface area contributed by atoms with Gasteiger partial charge in [-0.15, -0.1) is 0 Å². The molecule has 0 unspecified atom stereocenters. The lowest BCUT2D eigenvalue weighted by Crippen LogP contribution is -2.36. The molecule has 27 heavy (non-hydrogen) atoms. The van der Waals surface area contributed by atoms with Crippen molar-refractivity contribution in [2.75, 3.05) is 25.0 Å². The number of carbonyl (C=O) groups excluding carboxylic acids is 1. The van der Waals surface area contributed by atoms with Crippen LogP contribution >= 0.6 is 0 Å². The summed E-state index contributed by atoms with van der Waals surface area (Å²) in [6.07, 6.45) is 8.53. The van der Waals surface area contributed by atoms with E-state index in [1.807, 2.05) is 13.8 Å². The first kappa shape index (κ1) is 21.9. The van der Waals surface area contributed by atoms with Crippen molar-refractivity contribution in [3.8, 4) is 0 Å². The number of rotatable bonds is 8. The van der Waals surface area contributed by atoms with E-state index in [1.165, 1.54) is 42.5 Å². The van der Waals surface area contributed by atoms with E-state index in [-0.39, 0.29) is 17.3 Å². The maximum absolute atomic E-state index is 12.6. The van der Waals surface area contributed by atoms with Crippen molar-refractivity contribution < 1.29 is 13.2 Å². The molecule has 0 aliphatic heterocycles. The van der Waals surface area contributed by atoms with Gasteiger partial charge in [-0.2, -0.15) is 4.31 Å². The summed E-state index contributed by atoms with van der Waals surface area (Å²) in [7, 11) is -3.53. The topological polar surface area (TPSA) is 78.5 Å². The molecule has 0 heterocycles. The Hall–Kier alpha value is -1.44. The molecule has 1 aliphatic carbocycles. The first-order chi connectivity index (χ1) is 13.0. The molecule has 1 aromatic carbocycles. The Morgan fingerprint density at radius 2 is 1.70 bits per heavy atom. The van der Waals surface area contributed by atoms with Crippen LogP contribution in [0, 0.1) is 0 Å². The fourth-order valence-electron chi connectivity index (χ4n) is 3.55. The van der Waals surface area contributed by atoms with Gasteiger partial charge in [0, 0.05) is 24.8 Å². The molecule has 0 spiro atoms. The second-order valence-corrected chi connectivity index (χ2v) is 9.03. The van der Waals surface area contributed by atoms with Crippen molar-refractivity contribution in [1.82, 2.24) is 9.62 Å². The number of carbonyl (C=O) groups is 1. The van der Waals surface area contributed by atoms with Crippen LogP contribution in [0.5, 0.6) is 0 Å². The smallest absolute Gasteiger partial charge is 0.243 e. The third kappa shape index (κ3) is 6.59. The van der Waals surface area contributed by atoms with E-state index in [4.69, 9.17) is 0 Å². The minimum atomic E-state index is -3.53. The van der Waals surface area contributed by atoms with Gasteiger partial charge in [0.1, 0.15) is 0 Å². The second-order valence-electron chi connectivity index (χ2n) is 7.09. The highest BCUT2D eigenvalue weighted by atomic mass is 32.2. The Morgan fingerprint density at radius 1 is 1.07 bits per heavy atom. The van der Waals surface area contributed by atoms with Crippen molar-refractivity contribution in [2.24, 2.45) is 0 Å². The normalized spacial score (nSPS) is 16.7. The summed E-state index contributed by atoms with van der Waals surface area (Å²) in [6, 6.07) is 6.87. The van der Waals surface area contributed by atoms with Gasteiger partial charge in [-0.05, 0) is 31.0 Å². The maximum atomic E-state index is 12.6. The fourth-order valence-corrected chi connectivity index (χ4v) is 5.05. The van der Waals surface area contributed by atoms with Crippen molar-refractivity contribution >= 4 is 21.6 Å². The van der Waals surface area contributed by atoms with E-state index in [0.29, 0.717) is 24.8 Å². The van der Waals surface area contributed by atoms with Crippen molar-refractivity contribution in [3.63, 3.8) is 0 Å². The lowest BCUT2D eigenvalue weighted by Gasteiger charge is -2.21. The molecule has 152 valence electrons. The van der Waals surface area contributed by atoms with Crippen LogP contribution in [0.1, 0.15) is 58.8 Å². The zero-order valence-corrected chi connectivity index (χ0v) is 17.4. The average Bonchev–Trinajstić information content (AvgIpc) is 2.62. The summed E-state index contributed by atoms with van der Waals surface area (Å²) < 4.78 is 26.7. The molecule has 1 aromatic rings. The number of nitrogens with zero attached hydrogens (tertiary/aromatic N) is 1. The number of hydrogen-bond acceptors (Lipinski definition) is 4. The van der Waals surface area contributed by atoms with Crippen molar-refractivity contribution in [3.05, 3.63) is 24.3 Å². The van der Waals surface area contributed by atoms with E-state index in [9.17, 15) is 13.2 Å². The molecule has 1 saturated carbocycles. The van der Waals surface area contributed by atoms with E-state index >= 15 is 0 Å². The van der Waals surface area contributed by atoms with Gasteiger partial charge in [-0.1, -0.05) is 52.0 Å². The van der Waals surface area contributed by atoms with Crippen LogP contribution < -0.4 is 10.6 Å². The molecular weight excluding hydrogens is 362 g/mol. The first-order valence-electron chi connectivity index (χ1n) is 10.1. The lowest BCUT2D eigenvalue weighted by atomic mass is 9.97. The molecule has 1 fully saturated rings. The van der Waals surface area contributed by atoms with Crippen LogP contribution in [0.15, 0.2) is 29.2 Å². The van der Waals surface area contributed by atoms with E-state index in [0.717, 1.165) is 12.8 Å². The SMILES string of the molecule is CCN(CC)S(=O)(=O)c1cccc(NC(=O)CNC2CCCCCCC2)c1. The quantitative estimate of drug-likeness (QED) is 0.707. The van der Waals surface area contributed by atoms with Gasteiger partial charge >= 0.3 is 0 Å². The van der Waals surface area contributed by atoms with Gasteiger partial charge in [0.05, 0.1) is 11.4 Å². The number of hydrogen-bond donors (Lipinski definition) is 2. The standard InChI is InChI=1S/C20H33N3O3S/c1-3-23(4-2)27(25,26)19-14-10-13-18(15-19)22-20(24)16-21-17-11-8-6-5-7-9-12-17/h10,13-15,17,21H,3-9,11-12,16H2,1-2H3,(H,22,24). The van der Waals surface area contributed by atoms with Crippen LogP contribution in [0.25, 0.3) is 0 Å². The van der Waals surface area contributed by atoms with E-state index < -0.39 is 10.0 Å². The Labute approximate surface area is 163 Å². The summed E-state index contributed by atoms with van der Waals surface area (Å²) in [4.78, 5) is 12.5. The van der Waals surface area contributed by atoms with Crippen LogP contribution in [0.4, 0.5) is 5.69 Å². The molecular formula is C20H33N3O3S. The molecule has 6 nitrogen and oxygen atoms in total. The maximum Gasteiger partial charge on any atom is 0.243 e. The molecule has 2 N–H and O–H groups in total. The molecule has 2 rings (SSSR count). The number of nitrogens with one attached hydrogen (secondary N) is 2. The summed E-state index contributed by atoms with van der Waals surface area (Å²) in [5.41, 5.74) is 0.507. The largest absolute Gasteiger partial charge is 0.325 e. The zero-order chi connectivity index (χ0) is 19.7. The summed E-state index contributed by atoms with van der Waals surface area (Å²) in [5, 5.41) is 6.16. The van der Waals surface area contributed by atoms with Gasteiger partial charge < -0.3 is 10.6 Å². The van der Waals surface area contributed by atoms with E-state index in [2.05, 4.69) is 10.6 Å². The monoisotopic (exact) mass is 395 g/mol. The molecule has 1 amide bonds. The summed E-state index contributed by atoms with van der Waals surface area (Å²) >= 11 is 0. The van der Waals surface area contributed by atoms with Crippen molar-refractivity contribution in [1.29, 1.82) is 0 Å². The Kier molecular flexibility index (Phi) is 8.73. The number of anilines is 1. The Balaban J connectivity index is 1.94. The number of benzene rings is 1. The van der Waals surface area contributed by atoms with Gasteiger partial charge in [0.25, 0.3) is 0 Å². The predicted molar refractivity (Wildman–Crippen MR) is 109 cm³/mol. The third-order valence-corrected chi connectivity index (χ3v) is 7.16. The molecule has 7 heteroatoms. The zero-order valence-electron chi connectivity index (χ0n) is 16.5. The molecule has 0 saturated heterocycles. The average molecular weight is 396 g/mol. The third-order valence-electron chi connectivity index (χ3n) is 5.12. The van der Waals surface area contributed by atoms with Crippen LogP contribution in [-0.2, 0) is 14.8 Å². The van der Waals surface area contributed by atoms with Crippen LogP contribution in [0.2, 0.25) is 0 Å². The van der Waals surface area contributed by atoms with Crippen molar-refractivity contribution in [2.45, 2.75) is 69.7 Å². The van der Waals surface area contributed by atoms with Crippen LogP contribution in [-0.4, -0.2) is 44.3 Å². The molecule has 0 bridgehead atoms. The van der Waals surface area contributed by atoms with Gasteiger partial charge in [-0.3, -0.25) is 4.79 Å². The second kappa shape index (κ2) is 10.8.